The van der Waals surface area contributed by atoms with Crippen LogP contribution in [-0.2, 0) is 0 Å². The van der Waals surface area contributed by atoms with Crippen LogP contribution in [0.3, 0.4) is 0 Å². The maximum Gasteiger partial charge on any atom is 0.263 e. The van der Waals surface area contributed by atoms with Crippen LogP contribution in [0.4, 0.5) is 4.39 Å². The molecule has 5 heteroatoms. The SMILES string of the molecule is CNCC1CCCN(C(=O)c2cc3cc(F)ccc3s2)C1. The molecular weight excluding hydrogens is 287 g/mol. The van der Waals surface area contributed by atoms with E-state index in [2.05, 4.69) is 5.32 Å². The summed E-state index contributed by atoms with van der Waals surface area (Å²) in [4.78, 5) is 15.3. The summed E-state index contributed by atoms with van der Waals surface area (Å²) < 4.78 is 14.2. The lowest BCUT2D eigenvalue weighted by molar-refractivity contribution is 0.0679. The van der Waals surface area contributed by atoms with Crippen LogP contribution in [0, 0.1) is 11.7 Å². The summed E-state index contributed by atoms with van der Waals surface area (Å²) in [5.41, 5.74) is 0. The number of hydrogen-bond donors (Lipinski definition) is 1. The first kappa shape index (κ1) is 14.5. The molecule has 0 radical (unpaired) electrons. The lowest BCUT2D eigenvalue weighted by Crippen LogP contribution is -2.42. The smallest absolute Gasteiger partial charge is 0.263 e. The van der Waals surface area contributed by atoms with E-state index in [-0.39, 0.29) is 11.7 Å². The van der Waals surface area contributed by atoms with Gasteiger partial charge in [-0.05, 0) is 62.0 Å². The van der Waals surface area contributed by atoms with E-state index in [1.807, 2.05) is 18.0 Å². The molecule has 3 rings (SSSR count). The fourth-order valence-corrected chi connectivity index (χ4v) is 3.99. The monoisotopic (exact) mass is 306 g/mol. The molecule has 1 aromatic heterocycles. The first-order valence-electron chi connectivity index (χ1n) is 7.30. The molecule has 2 heterocycles. The van der Waals surface area contributed by atoms with Crippen LogP contribution in [0.2, 0.25) is 0 Å². The van der Waals surface area contributed by atoms with Gasteiger partial charge in [-0.25, -0.2) is 4.39 Å². The van der Waals surface area contributed by atoms with Crippen LogP contribution < -0.4 is 5.32 Å². The van der Waals surface area contributed by atoms with Crippen molar-refractivity contribution >= 4 is 27.3 Å². The molecule has 1 aliphatic rings. The van der Waals surface area contributed by atoms with Gasteiger partial charge in [0, 0.05) is 17.8 Å². The van der Waals surface area contributed by atoms with Gasteiger partial charge in [0.1, 0.15) is 5.82 Å². The molecule has 1 N–H and O–H groups in total. The van der Waals surface area contributed by atoms with Crippen LogP contribution in [0.1, 0.15) is 22.5 Å². The summed E-state index contributed by atoms with van der Waals surface area (Å²) in [6.45, 7) is 2.57. The van der Waals surface area contributed by atoms with Crippen LogP contribution in [-0.4, -0.2) is 37.5 Å². The maximum absolute atomic E-state index is 13.2. The van der Waals surface area contributed by atoms with Gasteiger partial charge in [-0.15, -0.1) is 11.3 Å². The van der Waals surface area contributed by atoms with Crippen LogP contribution in [0.25, 0.3) is 10.1 Å². The Morgan fingerprint density at radius 3 is 3.14 bits per heavy atom. The highest BCUT2D eigenvalue weighted by Crippen LogP contribution is 2.28. The van der Waals surface area contributed by atoms with E-state index in [1.54, 1.807) is 6.07 Å². The number of hydrogen-bond acceptors (Lipinski definition) is 3. The van der Waals surface area contributed by atoms with E-state index in [4.69, 9.17) is 0 Å². The van der Waals surface area contributed by atoms with Gasteiger partial charge < -0.3 is 10.2 Å². The van der Waals surface area contributed by atoms with Gasteiger partial charge in [0.25, 0.3) is 5.91 Å². The number of piperidine rings is 1. The molecule has 0 spiro atoms. The zero-order valence-electron chi connectivity index (χ0n) is 12.1. The molecule has 1 amide bonds. The Morgan fingerprint density at radius 1 is 1.48 bits per heavy atom. The van der Waals surface area contributed by atoms with Crippen molar-refractivity contribution < 1.29 is 9.18 Å². The number of amides is 1. The highest BCUT2D eigenvalue weighted by atomic mass is 32.1. The molecule has 1 saturated heterocycles. The van der Waals surface area contributed by atoms with Crippen LogP contribution >= 0.6 is 11.3 Å². The second-order valence-electron chi connectivity index (χ2n) is 5.61. The van der Waals surface area contributed by atoms with Gasteiger partial charge >= 0.3 is 0 Å². The minimum Gasteiger partial charge on any atom is -0.338 e. The molecule has 112 valence electrons. The van der Waals surface area contributed by atoms with Gasteiger partial charge in [-0.1, -0.05) is 0 Å². The normalized spacial score (nSPS) is 19.1. The number of nitrogens with zero attached hydrogens (tertiary/aromatic N) is 1. The zero-order chi connectivity index (χ0) is 14.8. The molecule has 0 aliphatic carbocycles. The summed E-state index contributed by atoms with van der Waals surface area (Å²) in [7, 11) is 1.95. The molecule has 0 saturated carbocycles. The fourth-order valence-electron chi connectivity index (χ4n) is 2.98. The predicted molar refractivity (Wildman–Crippen MR) is 84.3 cm³/mol. The molecule has 1 fully saturated rings. The first-order chi connectivity index (χ1) is 10.2. The molecule has 1 atom stereocenters. The van der Waals surface area contributed by atoms with E-state index < -0.39 is 0 Å². The Hall–Kier alpha value is -1.46. The van der Waals surface area contributed by atoms with Gasteiger partial charge in [0.05, 0.1) is 4.88 Å². The Kier molecular flexibility index (Phi) is 4.22. The van der Waals surface area contributed by atoms with Gasteiger partial charge in [0.2, 0.25) is 0 Å². The molecule has 0 bridgehead atoms. The summed E-state index contributed by atoms with van der Waals surface area (Å²) >= 11 is 1.45. The van der Waals surface area contributed by atoms with Crippen molar-refractivity contribution in [2.45, 2.75) is 12.8 Å². The third kappa shape index (κ3) is 3.09. The average Bonchev–Trinajstić information content (AvgIpc) is 2.90. The minimum atomic E-state index is -0.258. The second kappa shape index (κ2) is 6.12. The summed E-state index contributed by atoms with van der Waals surface area (Å²) in [5, 5.41) is 4.00. The summed E-state index contributed by atoms with van der Waals surface area (Å²) in [6, 6.07) is 6.48. The average molecular weight is 306 g/mol. The Morgan fingerprint density at radius 2 is 2.33 bits per heavy atom. The van der Waals surface area contributed by atoms with E-state index in [9.17, 15) is 9.18 Å². The quantitative estimate of drug-likeness (QED) is 0.945. The van der Waals surface area contributed by atoms with Crippen LogP contribution in [0.5, 0.6) is 0 Å². The molecule has 1 unspecified atom stereocenters. The molecule has 1 aromatic carbocycles. The molecule has 21 heavy (non-hydrogen) atoms. The number of fused-ring (bicyclic) bond motifs is 1. The number of benzene rings is 1. The van der Waals surface area contributed by atoms with E-state index in [1.165, 1.54) is 29.9 Å². The van der Waals surface area contributed by atoms with E-state index in [0.717, 1.165) is 36.1 Å². The Labute approximate surface area is 127 Å². The lowest BCUT2D eigenvalue weighted by atomic mass is 9.98. The minimum absolute atomic E-state index is 0.0809. The molecule has 1 aliphatic heterocycles. The molecule has 3 nitrogen and oxygen atoms in total. The number of carbonyl (C=O) groups is 1. The first-order valence-corrected chi connectivity index (χ1v) is 8.12. The number of likely N-dealkylation sites (tertiary alicyclic amines) is 1. The Bertz CT molecular complexity index is 653. The van der Waals surface area contributed by atoms with Gasteiger partial charge in [-0.2, -0.15) is 0 Å². The van der Waals surface area contributed by atoms with Crippen molar-refractivity contribution in [2.24, 2.45) is 5.92 Å². The number of thiophene rings is 1. The fraction of sp³-hybridized carbons (Fsp3) is 0.438. The number of rotatable bonds is 3. The number of nitrogens with one attached hydrogen (secondary N) is 1. The standard InChI is InChI=1S/C16H19FN2OS/c1-18-9-11-3-2-6-19(10-11)16(20)15-8-12-7-13(17)4-5-14(12)21-15/h4-5,7-8,11,18H,2-3,6,9-10H2,1H3. The molecule has 2 aromatic rings. The third-order valence-electron chi connectivity index (χ3n) is 3.99. The van der Waals surface area contributed by atoms with E-state index in [0.29, 0.717) is 10.8 Å². The molecular formula is C16H19FN2OS. The number of carbonyl (C=O) groups excluding carboxylic acids is 1. The van der Waals surface area contributed by atoms with Gasteiger partial charge in [0.15, 0.2) is 0 Å². The van der Waals surface area contributed by atoms with Crippen molar-refractivity contribution in [3.8, 4) is 0 Å². The van der Waals surface area contributed by atoms with Crippen molar-refractivity contribution in [3.63, 3.8) is 0 Å². The second-order valence-corrected chi connectivity index (χ2v) is 6.69. The summed E-state index contributed by atoms with van der Waals surface area (Å²) in [5.74, 6) is 0.350. The summed E-state index contributed by atoms with van der Waals surface area (Å²) in [6.07, 6.45) is 2.22. The van der Waals surface area contributed by atoms with Gasteiger partial charge in [-0.3, -0.25) is 4.79 Å². The largest absolute Gasteiger partial charge is 0.338 e. The number of halogens is 1. The van der Waals surface area contributed by atoms with Crippen molar-refractivity contribution in [1.82, 2.24) is 10.2 Å². The topological polar surface area (TPSA) is 32.3 Å². The van der Waals surface area contributed by atoms with Crippen molar-refractivity contribution in [1.29, 1.82) is 0 Å². The van der Waals surface area contributed by atoms with E-state index >= 15 is 0 Å². The van der Waals surface area contributed by atoms with Crippen molar-refractivity contribution in [3.05, 3.63) is 35.0 Å². The maximum atomic E-state index is 13.2. The Balaban J connectivity index is 1.79. The van der Waals surface area contributed by atoms with Crippen molar-refractivity contribution in [2.75, 3.05) is 26.7 Å². The third-order valence-corrected chi connectivity index (χ3v) is 5.09. The lowest BCUT2D eigenvalue weighted by Gasteiger charge is -2.32. The predicted octanol–water partition coefficient (Wildman–Crippen LogP) is 3.11. The zero-order valence-corrected chi connectivity index (χ0v) is 12.9. The highest BCUT2D eigenvalue weighted by Gasteiger charge is 2.25. The highest BCUT2D eigenvalue weighted by molar-refractivity contribution is 7.20. The van der Waals surface area contributed by atoms with Crippen LogP contribution in [0.15, 0.2) is 24.3 Å².